The zero-order valence-corrected chi connectivity index (χ0v) is 13.4. The number of imide groups is 1. The van der Waals surface area contributed by atoms with Crippen molar-refractivity contribution in [3.05, 3.63) is 17.5 Å². The van der Waals surface area contributed by atoms with Crippen molar-refractivity contribution in [1.82, 2.24) is 15.0 Å². The van der Waals surface area contributed by atoms with Crippen molar-refractivity contribution in [2.24, 2.45) is 0 Å². The lowest BCUT2D eigenvalue weighted by Gasteiger charge is -2.35. The van der Waals surface area contributed by atoms with E-state index in [1.165, 1.54) is 4.90 Å². The van der Waals surface area contributed by atoms with Crippen LogP contribution in [0.15, 0.2) is 10.6 Å². The van der Waals surface area contributed by atoms with Crippen molar-refractivity contribution in [2.45, 2.75) is 37.6 Å². The Balaban J connectivity index is 1.37. The van der Waals surface area contributed by atoms with Gasteiger partial charge in [0.2, 0.25) is 5.91 Å². The van der Waals surface area contributed by atoms with Gasteiger partial charge in [-0.1, -0.05) is 16.9 Å². The average Bonchev–Trinajstić information content (AvgIpc) is 3.20. The zero-order chi connectivity index (χ0) is 16.0. The summed E-state index contributed by atoms with van der Waals surface area (Å²) in [6.07, 6.45) is 3.45. The summed E-state index contributed by atoms with van der Waals surface area (Å²) in [4.78, 5) is 39.1. The third kappa shape index (κ3) is 2.75. The Hall–Kier alpha value is -1.83. The summed E-state index contributed by atoms with van der Waals surface area (Å²) in [6.45, 7) is 1.05. The van der Waals surface area contributed by atoms with Crippen LogP contribution in [-0.2, 0) is 4.79 Å². The minimum atomic E-state index is -0.162. The van der Waals surface area contributed by atoms with Gasteiger partial charge in [-0.25, -0.2) is 0 Å². The number of aromatic nitrogens is 1. The summed E-state index contributed by atoms with van der Waals surface area (Å²) >= 11 is 1.06. The lowest BCUT2D eigenvalue weighted by molar-refractivity contribution is -0.126. The minimum absolute atomic E-state index is 0.0895. The van der Waals surface area contributed by atoms with E-state index in [1.807, 2.05) is 0 Å². The Morgan fingerprint density at radius 2 is 1.96 bits per heavy atom. The monoisotopic (exact) mass is 335 g/mol. The van der Waals surface area contributed by atoms with Gasteiger partial charge in [-0.15, -0.1) is 0 Å². The van der Waals surface area contributed by atoms with Crippen LogP contribution in [0.3, 0.4) is 0 Å². The normalized spacial score (nSPS) is 23.0. The predicted molar refractivity (Wildman–Crippen MR) is 82.1 cm³/mol. The Morgan fingerprint density at radius 3 is 2.57 bits per heavy atom. The standard InChI is InChI=1S/C15H17N3O4S/c19-13-8-23-15(21)18(13)10-3-5-17(6-4-10)14(20)11-7-12(22-16-11)9-1-2-9/h7,9-10H,1-6,8H2. The molecular weight excluding hydrogens is 318 g/mol. The van der Waals surface area contributed by atoms with E-state index < -0.39 is 0 Å². The number of hydrogen-bond donors (Lipinski definition) is 0. The second-order valence-corrected chi connectivity index (χ2v) is 7.16. The molecule has 23 heavy (non-hydrogen) atoms. The largest absolute Gasteiger partial charge is 0.360 e. The maximum Gasteiger partial charge on any atom is 0.289 e. The first-order chi connectivity index (χ1) is 11.1. The SMILES string of the molecule is O=C(c1cc(C2CC2)on1)N1CCC(N2C(=O)CSC2=O)CC1. The predicted octanol–water partition coefficient (Wildman–Crippen LogP) is 1.85. The number of hydrogen-bond acceptors (Lipinski definition) is 6. The zero-order valence-electron chi connectivity index (χ0n) is 12.6. The van der Waals surface area contributed by atoms with Crippen LogP contribution in [0.2, 0.25) is 0 Å². The van der Waals surface area contributed by atoms with Crippen LogP contribution in [0.4, 0.5) is 4.79 Å². The van der Waals surface area contributed by atoms with Gasteiger partial charge < -0.3 is 9.42 Å². The Morgan fingerprint density at radius 1 is 1.22 bits per heavy atom. The molecule has 1 aromatic rings. The van der Waals surface area contributed by atoms with Gasteiger partial charge in [-0.05, 0) is 25.7 Å². The van der Waals surface area contributed by atoms with Gasteiger partial charge in [0, 0.05) is 31.1 Å². The highest BCUT2D eigenvalue weighted by atomic mass is 32.2. The van der Waals surface area contributed by atoms with Crippen molar-refractivity contribution in [3.8, 4) is 0 Å². The molecule has 0 spiro atoms. The smallest absolute Gasteiger partial charge is 0.289 e. The molecule has 0 N–H and O–H groups in total. The van der Waals surface area contributed by atoms with Crippen LogP contribution in [0, 0.1) is 0 Å². The van der Waals surface area contributed by atoms with Crippen LogP contribution in [-0.4, -0.2) is 56.9 Å². The second kappa shape index (κ2) is 5.67. The maximum absolute atomic E-state index is 12.5. The number of carbonyl (C=O) groups is 3. The summed E-state index contributed by atoms with van der Waals surface area (Å²) in [5, 5.41) is 3.72. The molecule has 1 aliphatic carbocycles. The molecule has 1 saturated carbocycles. The average molecular weight is 335 g/mol. The Kier molecular flexibility index (Phi) is 3.63. The summed E-state index contributed by atoms with van der Waals surface area (Å²) in [7, 11) is 0. The van der Waals surface area contributed by atoms with E-state index in [1.54, 1.807) is 11.0 Å². The summed E-state index contributed by atoms with van der Waals surface area (Å²) in [5.74, 6) is 1.22. The van der Waals surface area contributed by atoms with Crippen molar-refractivity contribution in [1.29, 1.82) is 0 Å². The molecule has 3 aliphatic rings. The number of rotatable bonds is 3. The summed E-state index contributed by atoms with van der Waals surface area (Å²) < 4.78 is 5.23. The van der Waals surface area contributed by atoms with Gasteiger partial charge in [0.05, 0.1) is 5.75 Å². The fraction of sp³-hybridized carbons (Fsp3) is 0.600. The Bertz CT molecular complexity index is 645. The van der Waals surface area contributed by atoms with E-state index in [0.717, 1.165) is 30.4 Å². The van der Waals surface area contributed by atoms with Gasteiger partial charge in [-0.2, -0.15) is 0 Å². The molecule has 3 heterocycles. The lowest BCUT2D eigenvalue weighted by atomic mass is 10.0. The van der Waals surface area contributed by atoms with E-state index in [9.17, 15) is 14.4 Å². The highest BCUT2D eigenvalue weighted by Crippen LogP contribution is 2.40. The molecular formula is C15H17N3O4S. The van der Waals surface area contributed by atoms with Gasteiger partial charge in [-0.3, -0.25) is 19.3 Å². The topological polar surface area (TPSA) is 83.7 Å². The van der Waals surface area contributed by atoms with Crippen molar-refractivity contribution in [2.75, 3.05) is 18.8 Å². The first-order valence-electron chi connectivity index (χ1n) is 7.88. The van der Waals surface area contributed by atoms with Crippen molar-refractivity contribution >= 4 is 28.8 Å². The third-order valence-corrected chi connectivity index (χ3v) is 5.46. The lowest BCUT2D eigenvalue weighted by Crippen LogP contribution is -2.48. The molecule has 3 fully saturated rings. The number of nitrogens with zero attached hydrogens (tertiary/aromatic N) is 3. The molecule has 0 unspecified atom stereocenters. The minimum Gasteiger partial charge on any atom is -0.360 e. The van der Waals surface area contributed by atoms with Crippen LogP contribution < -0.4 is 0 Å². The molecule has 2 saturated heterocycles. The van der Waals surface area contributed by atoms with Crippen LogP contribution in [0.1, 0.15) is 47.8 Å². The summed E-state index contributed by atoms with van der Waals surface area (Å²) in [5.41, 5.74) is 0.356. The molecule has 1 aromatic heterocycles. The number of carbonyl (C=O) groups excluding carboxylic acids is 3. The molecule has 7 nitrogen and oxygen atoms in total. The number of thioether (sulfide) groups is 1. The maximum atomic E-state index is 12.5. The van der Waals surface area contributed by atoms with E-state index in [2.05, 4.69) is 5.16 Å². The van der Waals surface area contributed by atoms with E-state index in [0.29, 0.717) is 37.5 Å². The molecule has 2 aliphatic heterocycles. The summed E-state index contributed by atoms with van der Waals surface area (Å²) in [6, 6.07) is 1.66. The third-order valence-electron chi connectivity index (χ3n) is 4.63. The highest BCUT2D eigenvalue weighted by molar-refractivity contribution is 8.14. The van der Waals surface area contributed by atoms with Crippen LogP contribution >= 0.6 is 11.8 Å². The van der Waals surface area contributed by atoms with Gasteiger partial charge in [0.25, 0.3) is 11.1 Å². The first-order valence-corrected chi connectivity index (χ1v) is 8.87. The number of piperidine rings is 1. The van der Waals surface area contributed by atoms with Gasteiger partial charge in [0.1, 0.15) is 5.76 Å². The van der Waals surface area contributed by atoms with Gasteiger partial charge >= 0.3 is 0 Å². The quantitative estimate of drug-likeness (QED) is 0.838. The molecule has 0 atom stereocenters. The first kappa shape index (κ1) is 14.7. The highest BCUT2D eigenvalue weighted by Gasteiger charge is 2.38. The molecule has 0 aromatic carbocycles. The second-order valence-electron chi connectivity index (χ2n) is 6.23. The van der Waals surface area contributed by atoms with Crippen LogP contribution in [0.25, 0.3) is 0 Å². The molecule has 3 amide bonds. The van der Waals surface area contributed by atoms with E-state index in [-0.39, 0.29) is 28.8 Å². The van der Waals surface area contributed by atoms with Crippen molar-refractivity contribution < 1.29 is 18.9 Å². The number of likely N-dealkylation sites (tertiary alicyclic amines) is 1. The molecule has 0 bridgehead atoms. The molecule has 122 valence electrons. The van der Waals surface area contributed by atoms with E-state index >= 15 is 0 Å². The number of amides is 3. The fourth-order valence-corrected chi connectivity index (χ4v) is 3.93. The molecule has 0 radical (unpaired) electrons. The van der Waals surface area contributed by atoms with Crippen molar-refractivity contribution in [3.63, 3.8) is 0 Å². The molecule has 4 rings (SSSR count). The van der Waals surface area contributed by atoms with Crippen LogP contribution in [0.5, 0.6) is 0 Å². The molecule has 8 heteroatoms. The van der Waals surface area contributed by atoms with Gasteiger partial charge in [0.15, 0.2) is 5.69 Å². The Labute approximate surface area is 137 Å². The van der Waals surface area contributed by atoms with E-state index in [4.69, 9.17) is 4.52 Å². The fourth-order valence-electron chi connectivity index (χ4n) is 3.16.